The first-order chi connectivity index (χ1) is 8.93. The van der Waals surface area contributed by atoms with Crippen LogP contribution in [-0.4, -0.2) is 12.6 Å². The van der Waals surface area contributed by atoms with E-state index >= 15 is 0 Å². The standard InChI is InChI=1S/C17H19N/c1-3-7-14(8-4-1)11-12-18-17-13-16(17)15-9-5-2-6-10-15/h1-10,16-18H,11-13H2. The Morgan fingerprint density at radius 2 is 1.56 bits per heavy atom. The Kier molecular flexibility index (Phi) is 3.42. The number of rotatable bonds is 5. The maximum Gasteiger partial charge on any atom is 0.0143 e. The Morgan fingerprint density at radius 1 is 0.889 bits per heavy atom. The Balaban J connectivity index is 1.44. The molecular weight excluding hydrogens is 218 g/mol. The minimum absolute atomic E-state index is 0.691. The van der Waals surface area contributed by atoms with E-state index in [1.165, 1.54) is 17.5 Å². The molecule has 1 N–H and O–H groups in total. The van der Waals surface area contributed by atoms with Crippen molar-refractivity contribution in [1.29, 1.82) is 0 Å². The van der Waals surface area contributed by atoms with Crippen molar-refractivity contribution in [3.8, 4) is 0 Å². The molecule has 1 fully saturated rings. The van der Waals surface area contributed by atoms with Gasteiger partial charge >= 0.3 is 0 Å². The molecule has 2 aromatic rings. The fourth-order valence-corrected chi connectivity index (χ4v) is 2.54. The molecule has 0 spiro atoms. The van der Waals surface area contributed by atoms with E-state index in [1.807, 2.05) is 0 Å². The van der Waals surface area contributed by atoms with Crippen LogP contribution >= 0.6 is 0 Å². The van der Waals surface area contributed by atoms with E-state index in [4.69, 9.17) is 0 Å². The normalized spacial score (nSPS) is 21.8. The van der Waals surface area contributed by atoms with Crippen molar-refractivity contribution < 1.29 is 0 Å². The van der Waals surface area contributed by atoms with Crippen molar-refractivity contribution in [2.24, 2.45) is 0 Å². The zero-order valence-electron chi connectivity index (χ0n) is 10.5. The first-order valence-electron chi connectivity index (χ1n) is 6.76. The highest BCUT2D eigenvalue weighted by Gasteiger charge is 2.37. The quantitative estimate of drug-likeness (QED) is 0.840. The monoisotopic (exact) mass is 237 g/mol. The molecule has 0 aliphatic heterocycles. The van der Waals surface area contributed by atoms with E-state index in [9.17, 15) is 0 Å². The van der Waals surface area contributed by atoms with Gasteiger partial charge in [-0.05, 0) is 30.5 Å². The summed E-state index contributed by atoms with van der Waals surface area (Å²) < 4.78 is 0. The number of benzene rings is 2. The van der Waals surface area contributed by atoms with Crippen LogP contribution in [0.15, 0.2) is 60.7 Å². The molecule has 18 heavy (non-hydrogen) atoms. The minimum atomic E-state index is 0.691. The summed E-state index contributed by atoms with van der Waals surface area (Å²) in [5.74, 6) is 0.738. The lowest BCUT2D eigenvalue weighted by Crippen LogP contribution is -2.20. The maximum atomic E-state index is 3.65. The molecule has 1 heteroatoms. The van der Waals surface area contributed by atoms with Gasteiger partial charge in [0.2, 0.25) is 0 Å². The SMILES string of the molecule is c1ccc(CCNC2CC2c2ccccc2)cc1. The molecule has 1 aliphatic carbocycles. The van der Waals surface area contributed by atoms with Gasteiger partial charge in [0.15, 0.2) is 0 Å². The van der Waals surface area contributed by atoms with Gasteiger partial charge in [-0.2, -0.15) is 0 Å². The third kappa shape index (κ3) is 2.80. The second-order valence-electron chi connectivity index (χ2n) is 5.05. The molecule has 0 radical (unpaired) electrons. The number of nitrogens with one attached hydrogen (secondary N) is 1. The summed E-state index contributed by atoms with van der Waals surface area (Å²) >= 11 is 0. The molecule has 92 valence electrons. The molecule has 0 amide bonds. The zero-order chi connectivity index (χ0) is 12.2. The molecule has 0 bridgehead atoms. The fourth-order valence-electron chi connectivity index (χ4n) is 2.54. The van der Waals surface area contributed by atoms with E-state index in [0.29, 0.717) is 6.04 Å². The van der Waals surface area contributed by atoms with Gasteiger partial charge in [-0.3, -0.25) is 0 Å². The molecule has 3 rings (SSSR count). The van der Waals surface area contributed by atoms with Crippen LogP contribution in [0.25, 0.3) is 0 Å². The van der Waals surface area contributed by atoms with Crippen molar-refractivity contribution in [3.63, 3.8) is 0 Å². The van der Waals surface area contributed by atoms with Crippen LogP contribution < -0.4 is 5.32 Å². The highest BCUT2D eigenvalue weighted by Crippen LogP contribution is 2.40. The highest BCUT2D eigenvalue weighted by molar-refractivity contribution is 5.27. The molecule has 0 heterocycles. The summed E-state index contributed by atoms with van der Waals surface area (Å²) in [5, 5.41) is 3.65. The molecular formula is C17H19N. The summed E-state index contributed by atoms with van der Waals surface area (Å²) in [5.41, 5.74) is 2.90. The van der Waals surface area contributed by atoms with Crippen molar-refractivity contribution in [3.05, 3.63) is 71.8 Å². The fraction of sp³-hybridized carbons (Fsp3) is 0.294. The number of hydrogen-bond donors (Lipinski definition) is 1. The second-order valence-corrected chi connectivity index (χ2v) is 5.05. The van der Waals surface area contributed by atoms with E-state index in [2.05, 4.69) is 66.0 Å². The first-order valence-corrected chi connectivity index (χ1v) is 6.76. The van der Waals surface area contributed by atoms with Crippen molar-refractivity contribution >= 4 is 0 Å². The first kappa shape index (κ1) is 11.5. The highest BCUT2D eigenvalue weighted by atomic mass is 15.0. The van der Waals surface area contributed by atoms with E-state index in [-0.39, 0.29) is 0 Å². The molecule has 0 aromatic heterocycles. The zero-order valence-corrected chi connectivity index (χ0v) is 10.5. The Hall–Kier alpha value is -1.60. The van der Waals surface area contributed by atoms with Crippen LogP contribution in [0.4, 0.5) is 0 Å². The summed E-state index contributed by atoms with van der Waals surface area (Å²) in [6.07, 6.45) is 2.41. The Morgan fingerprint density at radius 3 is 2.28 bits per heavy atom. The lowest BCUT2D eigenvalue weighted by Gasteiger charge is -2.04. The summed E-state index contributed by atoms with van der Waals surface area (Å²) in [6, 6.07) is 22.2. The molecule has 2 atom stereocenters. The van der Waals surface area contributed by atoms with Crippen LogP contribution in [0, 0.1) is 0 Å². The van der Waals surface area contributed by atoms with Crippen LogP contribution in [0.5, 0.6) is 0 Å². The van der Waals surface area contributed by atoms with Gasteiger partial charge in [-0.25, -0.2) is 0 Å². The molecule has 1 aliphatic rings. The second kappa shape index (κ2) is 5.36. The van der Waals surface area contributed by atoms with Gasteiger partial charge in [-0.1, -0.05) is 60.7 Å². The average Bonchev–Trinajstić information content (AvgIpc) is 3.21. The third-order valence-electron chi connectivity index (χ3n) is 3.68. The number of hydrogen-bond acceptors (Lipinski definition) is 1. The summed E-state index contributed by atoms with van der Waals surface area (Å²) in [7, 11) is 0. The smallest absolute Gasteiger partial charge is 0.0143 e. The molecule has 0 saturated heterocycles. The van der Waals surface area contributed by atoms with E-state index < -0.39 is 0 Å². The van der Waals surface area contributed by atoms with Gasteiger partial charge in [0.05, 0.1) is 0 Å². The van der Waals surface area contributed by atoms with E-state index in [0.717, 1.165) is 18.9 Å². The average molecular weight is 237 g/mol. The summed E-state index contributed by atoms with van der Waals surface area (Å²) in [4.78, 5) is 0. The van der Waals surface area contributed by atoms with Crippen molar-refractivity contribution in [2.45, 2.75) is 24.8 Å². The van der Waals surface area contributed by atoms with Gasteiger partial charge in [0, 0.05) is 12.0 Å². The van der Waals surface area contributed by atoms with Crippen molar-refractivity contribution in [1.82, 2.24) is 5.32 Å². The van der Waals surface area contributed by atoms with Crippen LogP contribution in [0.1, 0.15) is 23.5 Å². The predicted molar refractivity (Wildman–Crippen MR) is 75.7 cm³/mol. The predicted octanol–water partition coefficient (Wildman–Crippen LogP) is 3.37. The van der Waals surface area contributed by atoms with Crippen molar-refractivity contribution in [2.75, 3.05) is 6.54 Å². The molecule has 2 aromatic carbocycles. The lowest BCUT2D eigenvalue weighted by molar-refractivity contribution is 0.668. The Bertz CT molecular complexity index is 477. The maximum absolute atomic E-state index is 3.65. The van der Waals surface area contributed by atoms with Gasteiger partial charge in [0.25, 0.3) is 0 Å². The van der Waals surface area contributed by atoms with Crippen LogP contribution in [0.3, 0.4) is 0 Å². The Labute approximate surface area is 109 Å². The van der Waals surface area contributed by atoms with Crippen LogP contribution in [0.2, 0.25) is 0 Å². The largest absolute Gasteiger partial charge is 0.313 e. The van der Waals surface area contributed by atoms with Gasteiger partial charge in [-0.15, -0.1) is 0 Å². The third-order valence-corrected chi connectivity index (χ3v) is 3.68. The van der Waals surface area contributed by atoms with Crippen LogP contribution in [-0.2, 0) is 6.42 Å². The summed E-state index contributed by atoms with van der Waals surface area (Å²) in [6.45, 7) is 1.08. The van der Waals surface area contributed by atoms with Gasteiger partial charge in [0.1, 0.15) is 0 Å². The molecule has 2 unspecified atom stereocenters. The topological polar surface area (TPSA) is 12.0 Å². The minimum Gasteiger partial charge on any atom is -0.313 e. The van der Waals surface area contributed by atoms with E-state index in [1.54, 1.807) is 0 Å². The lowest BCUT2D eigenvalue weighted by atomic mass is 10.1. The van der Waals surface area contributed by atoms with Gasteiger partial charge < -0.3 is 5.32 Å². The molecule has 1 saturated carbocycles. The molecule has 1 nitrogen and oxygen atoms in total.